The Kier molecular flexibility index (Phi) is 4.97. The van der Waals surface area contributed by atoms with Gasteiger partial charge in [-0.2, -0.15) is 0 Å². The first-order valence-electron chi connectivity index (χ1n) is 7.87. The number of hydrogen-bond donors (Lipinski definition) is 0. The van der Waals surface area contributed by atoms with Crippen LogP contribution in [0.3, 0.4) is 0 Å². The van der Waals surface area contributed by atoms with Crippen LogP contribution >= 0.6 is 0 Å². The highest BCUT2D eigenvalue weighted by molar-refractivity contribution is 7.89. The zero-order valence-corrected chi connectivity index (χ0v) is 14.9. The molecule has 1 aliphatic rings. The van der Waals surface area contributed by atoms with Crippen LogP contribution in [0.25, 0.3) is 6.08 Å². The number of fused-ring (bicyclic) bond motifs is 1. The fraction of sp³-hybridized carbons (Fsp3) is 0.529. The normalized spacial score (nSPS) is 17.1. The Hall–Kier alpha value is -1.33. The molecule has 0 bridgehead atoms. The third-order valence-electron chi connectivity index (χ3n) is 4.09. The van der Waals surface area contributed by atoms with E-state index in [0.717, 1.165) is 11.3 Å². The number of likely N-dealkylation sites (N-methyl/N-ethyl adjacent to an activating group) is 1. The van der Waals surface area contributed by atoms with Crippen molar-refractivity contribution < 1.29 is 8.42 Å². The van der Waals surface area contributed by atoms with Crippen molar-refractivity contribution in [3.63, 3.8) is 0 Å². The van der Waals surface area contributed by atoms with Gasteiger partial charge in [0.15, 0.2) is 0 Å². The standard InChI is InChI=1S/C17H26N2O2S/c1-6-19-16(12-18(13(2)3)14(4)5)11-15-9-7-8-10-17(15)22(19,20)21/h7-11,13-14H,6,12H2,1-5H3. The molecule has 0 radical (unpaired) electrons. The molecule has 2 rings (SSSR count). The number of nitrogens with zero attached hydrogens (tertiary/aromatic N) is 2. The smallest absolute Gasteiger partial charge is 0.264 e. The summed E-state index contributed by atoms with van der Waals surface area (Å²) in [6.45, 7) is 11.5. The van der Waals surface area contributed by atoms with Crippen molar-refractivity contribution in [3.8, 4) is 0 Å². The zero-order chi connectivity index (χ0) is 16.5. The summed E-state index contributed by atoms with van der Waals surface area (Å²) in [6, 6.07) is 7.93. The molecule has 0 fully saturated rings. The molecule has 0 unspecified atom stereocenters. The van der Waals surface area contributed by atoms with Crippen LogP contribution in [0.1, 0.15) is 40.2 Å². The van der Waals surface area contributed by atoms with Gasteiger partial charge in [-0.3, -0.25) is 9.21 Å². The number of hydrogen-bond acceptors (Lipinski definition) is 3. The van der Waals surface area contributed by atoms with Crippen LogP contribution in [0.4, 0.5) is 0 Å². The molecule has 0 N–H and O–H groups in total. The Morgan fingerprint density at radius 1 is 1.09 bits per heavy atom. The molecule has 4 nitrogen and oxygen atoms in total. The fourth-order valence-electron chi connectivity index (χ4n) is 3.01. The molecule has 0 saturated carbocycles. The first-order valence-corrected chi connectivity index (χ1v) is 9.31. The van der Waals surface area contributed by atoms with Gasteiger partial charge in [0.25, 0.3) is 10.0 Å². The molecule has 0 spiro atoms. The van der Waals surface area contributed by atoms with Crippen LogP contribution in [-0.4, -0.2) is 42.8 Å². The molecule has 0 aromatic heterocycles. The number of benzene rings is 1. The van der Waals surface area contributed by atoms with Crippen molar-refractivity contribution in [2.75, 3.05) is 13.1 Å². The lowest BCUT2D eigenvalue weighted by atomic mass is 10.1. The van der Waals surface area contributed by atoms with Gasteiger partial charge in [0.05, 0.1) is 4.90 Å². The highest BCUT2D eigenvalue weighted by Gasteiger charge is 2.32. The maximum atomic E-state index is 12.8. The summed E-state index contributed by atoms with van der Waals surface area (Å²) in [5.74, 6) is 0. The molecular weight excluding hydrogens is 296 g/mol. The minimum Gasteiger partial charge on any atom is -0.293 e. The molecule has 0 aliphatic carbocycles. The van der Waals surface area contributed by atoms with E-state index in [4.69, 9.17) is 0 Å². The monoisotopic (exact) mass is 322 g/mol. The minimum atomic E-state index is -3.44. The van der Waals surface area contributed by atoms with Crippen LogP contribution in [0.5, 0.6) is 0 Å². The van der Waals surface area contributed by atoms with Gasteiger partial charge >= 0.3 is 0 Å². The average molecular weight is 322 g/mol. The summed E-state index contributed by atoms with van der Waals surface area (Å²) in [7, 11) is -3.44. The minimum absolute atomic E-state index is 0.361. The van der Waals surface area contributed by atoms with E-state index in [9.17, 15) is 8.42 Å². The number of sulfonamides is 1. The van der Waals surface area contributed by atoms with Gasteiger partial charge in [0.1, 0.15) is 0 Å². The molecule has 22 heavy (non-hydrogen) atoms. The van der Waals surface area contributed by atoms with E-state index in [2.05, 4.69) is 32.6 Å². The molecule has 1 aromatic rings. The Labute approximate surface area is 134 Å². The topological polar surface area (TPSA) is 40.6 Å². The molecule has 0 saturated heterocycles. The third kappa shape index (κ3) is 3.06. The van der Waals surface area contributed by atoms with E-state index in [1.165, 1.54) is 4.31 Å². The SMILES string of the molecule is CCN1C(CN(C(C)C)C(C)C)=Cc2ccccc2S1(=O)=O. The first-order chi connectivity index (χ1) is 10.3. The molecule has 5 heteroatoms. The zero-order valence-electron chi connectivity index (χ0n) is 14.1. The Morgan fingerprint density at radius 3 is 2.23 bits per heavy atom. The summed E-state index contributed by atoms with van der Waals surface area (Å²) in [6.07, 6.45) is 2.01. The van der Waals surface area contributed by atoms with Gasteiger partial charge < -0.3 is 0 Å². The quantitative estimate of drug-likeness (QED) is 0.836. The van der Waals surface area contributed by atoms with Crippen molar-refractivity contribution in [3.05, 3.63) is 35.5 Å². The van der Waals surface area contributed by atoms with Gasteiger partial charge in [0.2, 0.25) is 0 Å². The van der Waals surface area contributed by atoms with Crippen LogP contribution in [0.15, 0.2) is 34.9 Å². The van der Waals surface area contributed by atoms with E-state index >= 15 is 0 Å². The summed E-state index contributed by atoms with van der Waals surface area (Å²) >= 11 is 0. The average Bonchev–Trinajstić information content (AvgIpc) is 2.43. The van der Waals surface area contributed by atoms with Crippen molar-refractivity contribution in [2.45, 2.75) is 51.6 Å². The lowest BCUT2D eigenvalue weighted by Gasteiger charge is -2.36. The molecule has 1 aromatic carbocycles. The summed E-state index contributed by atoms with van der Waals surface area (Å²) in [5, 5.41) is 0. The predicted octanol–water partition coefficient (Wildman–Crippen LogP) is 3.17. The highest BCUT2D eigenvalue weighted by atomic mass is 32.2. The van der Waals surface area contributed by atoms with E-state index in [0.29, 0.717) is 30.1 Å². The maximum Gasteiger partial charge on any atom is 0.264 e. The van der Waals surface area contributed by atoms with Gasteiger partial charge in [-0.1, -0.05) is 18.2 Å². The molecule has 0 atom stereocenters. The molecule has 122 valence electrons. The van der Waals surface area contributed by atoms with Crippen LogP contribution in [0.2, 0.25) is 0 Å². The van der Waals surface area contributed by atoms with Crippen molar-refractivity contribution >= 4 is 16.1 Å². The van der Waals surface area contributed by atoms with Crippen molar-refractivity contribution in [1.29, 1.82) is 0 Å². The Bertz CT molecular complexity index is 655. The van der Waals surface area contributed by atoms with E-state index < -0.39 is 10.0 Å². The van der Waals surface area contributed by atoms with Crippen molar-refractivity contribution in [2.24, 2.45) is 0 Å². The second-order valence-electron chi connectivity index (χ2n) is 6.20. The summed E-state index contributed by atoms with van der Waals surface area (Å²) < 4.78 is 27.2. The van der Waals surface area contributed by atoms with Crippen LogP contribution in [-0.2, 0) is 10.0 Å². The summed E-state index contributed by atoms with van der Waals surface area (Å²) in [4.78, 5) is 2.71. The molecular formula is C17H26N2O2S. The second-order valence-corrected chi connectivity index (χ2v) is 8.03. The Morgan fingerprint density at radius 2 is 1.68 bits per heavy atom. The van der Waals surface area contributed by atoms with Gasteiger partial charge in [-0.05, 0) is 52.3 Å². The van der Waals surface area contributed by atoms with E-state index in [1.54, 1.807) is 12.1 Å². The second kappa shape index (κ2) is 6.42. The van der Waals surface area contributed by atoms with Crippen LogP contribution in [0, 0.1) is 0 Å². The predicted molar refractivity (Wildman–Crippen MR) is 91.0 cm³/mol. The molecule has 0 amide bonds. The fourth-order valence-corrected chi connectivity index (χ4v) is 4.68. The summed E-state index contributed by atoms with van der Waals surface area (Å²) in [5.41, 5.74) is 1.64. The Balaban J connectivity index is 2.48. The maximum absolute atomic E-state index is 12.8. The van der Waals surface area contributed by atoms with Gasteiger partial charge in [0, 0.05) is 30.9 Å². The lowest BCUT2D eigenvalue weighted by Crippen LogP contribution is -2.43. The van der Waals surface area contributed by atoms with Gasteiger partial charge in [-0.15, -0.1) is 0 Å². The number of rotatable bonds is 5. The van der Waals surface area contributed by atoms with Gasteiger partial charge in [-0.25, -0.2) is 8.42 Å². The lowest BCUT2D eigenvalue weighted by molar-refractivity contribution is 0.182. The van der Waals surface area contributed by atoms with E-state index in [1.807, 2.05) is 25.1 Å². The highest BCUT2D eigenvalue weighted by Crippen LogP contribution is 2.31. The molecule has 1 heterocycles. The van der Waals surface area contributed by atoms with Crippen LogP contribution < -0.4 is 0 Å². The first kappa shape index (κ1) is 17.0. The molecule has 1 aliphatic heterocycles. The van der Waals surface area contributed by atoms with E-state index in [-0.39, 0.29) is 0 Å². The third-order valence-corrected chi connectivity index (χ3v) is 6.09. The largest absolute Gasteiger partial charge is 0.293 e. The van der Waals surface area contributed by atoms with Crippen molar-refractivity contribution in [1.82, 2.24) is 9.21 Å².